The van der Waals surface area contributed by atoms with Crippen molar-refractivity contribution in [3.05, 3.63) is 77.2 Å². The van der Waals surface area contributed by atoms with Crippen LogP contribution >= 0.6 is 11.6 Å². The highest BCUT2D eigenvalue weighted by Crippen LogP contribution is 2.33. The Kier molecular flexibility index (Phi) is 5.74. The second-order valence-electron chi connectivity index (χ2n) is 8.17. The highest BCUT2D eigenvalue weighted by atomic mass is 35.5. The largest absolute Gasteiger partial charge is 0.457 e. The van der Waals surface area contributed by atoms with Crippen LogP contribution in [0, 0.1) is 0 Å². The molecule has 1 aliphatic rings. The minimum atomic E-state index is -0.206. The Balaban J connectivity index is 1.49. The van der Waals surface area contributed by atoms with Crippen LogP contribution in [0.3, 0.4) is 0 Å². The van der Waals surface area contributed by atoms with Crippen LogP contribution in [0.25, 0.3) is 11.0 Å². The zero-order valence-electron chi connectivity index (χ0n) is 18.3. The fourth-order valence-electron chi connectivity index (χ4n) is 4.23. The summed E-state index contributed by atoms with van der Waals surface area (Å²) in [6.45, 7) is 5.43. The van der Waals surface area contributed by atoms with Crippen LogP contribution < -0.4 is 9.64 Å². The maximum atomic E-state index is 13.5. The average molecular weight is 463 g/mol. The van der Waals surface area contributed by atoms with Crippen LogP contribution in [0.15, 0.2) is 61.1 Å². The van der Waals surface area contributed by atoms with Crippen molar-refractivity contribution in [2.45, 2.75) is 26.1 Å². The highest BCUT2D eigenvalue weighted by molar-refractivity contribution is 6.35. The van der Waals surface area contributed by atoms with Crippen LogP contribution in [-0.4, -0.2) is 46.0 Å². The third-order valence-corrected chi connectivity index (χ3v) is 5.89. The van der Waals surface area contributed by atoms with Crippen LogP contribution in [0.1, 0.15) is 29.8 Å². The van der Waals surface area contributed by atoms with Gasteiger partial charge in [0.05, 0.1) is 28.2 Å². The van der Waals surface area contributed by atoms with Gasteiger partial charge in [-0.05, 0) is 38.1 Å². The van der Waals surface area contributed by atoms with E-state index in [1.807, 2.05) is 44.2 Å². The summed E-state index contributed by atoms with van der Waals surface area (Å²) in [5, 5.41) is 0.999. The number of aromatic amines is 1. The van der Waals surface area contributed by atoms with Gasteiger partial charge in [0.2, 0.25) is 0 Å². The first-order chi connectivity index (χ1) is 16.0. The Labute approximate surface area is 196 Å². The molecule has 1 N–H and O–H groups in total. The van der Waals surface area contributed by atoms with E-state index in [2.05, 4.69) is 19.9 Å². The van der Waals surface area contributed by atoms with Gasteiger partial charge in [-0.2, -0.15) is 0 Å². The summed E-state index contributed by atoms with van der Waals surface area (Å²) >= 11 is 6.52. The maximum absolute atomic E-state index is 13.5. The molecule has 0 radical (unpaired) electrons. The molecule has 2 unspecified atom stereocenters. The number of nitrogens with one attached hydrogen (secondary N) is 1. The molecule has 0 spiro atoms. The number of aromatic nitrogens is 3. The van der Waals surface area contributed by atoms with E-state index in [1.54, 1.807) is 24.4 Å². The number of carbonyl (C=O) groups excluding carboxylic acids is 1. The first kappa shape index (κ1) is 21.4. The summed E-state index contributed by atoms with van der Waals surface area (Å²) in [5.41, 5.74) is 1.47. The van der Waals surface area contributed by atoms with E-state index < -0.39 is 0 Å². The zero-order chi connectivity index (χ0) is 22.9. The summed E-state index contributed by atoms with van der Waals surface area (Å²) < 4.78 is 11.7. The van der Waals surface area contributed by atoms with Crippen LogP contribution in [-0.2, 0) is 4.74 Å². The monoisotopic (exact) mass is 462 g/mol. The number of ketones is 1. The molecule has 8 heteroatoms. The lowest BCUT2D eigenvalue weighted by molar-refractivity contribution is -0.00537. The summed E-state index contributed by atoms with van der Waals surface area (Å²) in [7, 11) is 0. The Hall–Kier alpha value is -3.42. The fraction of sp³-hybridized carbons (Fsp3) is 0.240. The second kappa shape index (κ2) is 8.84. The topological polar surface area (TPSA) is 80.3 Å². The van der Waals surface area contributed by atoms with Gasteiger partial charge in [-0.15, -0.1) is 0 Å². The molecule has 1 saturated heterocycles. The van der Waals surface area contributed by atoms with Crippen molar-refractivity contribution in [1.82, 2.24) is 15.0 Å². The third kappa shape index (κ3) is 4.29. The van der Waals surface area contributed by atoms with E-state index in [1.165, 1.54) is 6.33 Å². The van der Waals surface area contributed by atoms with Gasteiger partial charge in [-0.25, -0.2) is 9.97 Å². The summed E-state index contributed by atoms with van der Waals surface area (Å²) in [6, 6.07) is 14.5. The Morgan fingerprint density at radius 1 is 1.06 bits per heavy atom. The molecule has 4 aromatic rings. The van der Waals surface area contributed by atoms with Crippen LogP contribution in [0.4, 0.5) is 5.82 Å². The number of rotatable bonds is 5. The predicted octanol–water partition coefficient (Wildman–Crippen LogP) is 5.25. The van der Waals surface area contributed by atoms with Gasteiger partial charge in [-0.1, -0.05) is 29.8 Å². The Morgan fingerprint density at radius 2 is 1.82 bits per heavy atom. The van der Waals surface area contributed by atoms with Crippen molar-refractivity contribution in [3.63, 3.8) is 0 Å². The number of halogens is 1. The number of hydrogen-bond acceptors (Lipinski definition) is 6. The quantitative estimate of drug-likeness (QED) is 0.408. The van der Waals surface area contributed by atoms with Gasteiger partial charge < -0.3 is 19.4 Å². The Bertz CT molecular complexity index is 1300. The lowest BCUT2D eigenvalue weighted by atomic mass is 10.0. The molecule has 0 amide bonds. The molecule has 0 bridgehead atoms. The second-order valence-corrected chi connectivity index (χ2v) is 8.58. The SMILES string of the molecule is CC1CN(c2ncnc3[nH]cc(C(=O)c4ccc(Oc5ccccc5)cc4Cl)c23)CC(C)O1. The van der Waals surface area contributed by atoms with Crippen molar-refractivity contribution in [2.24, 2.45) is 0 Å². The average Bonchev–Trinajstić information content (AvgIpc) is 3.23. The molecular weight excluding hydrogens is 440 g/mol. The molecule has 1 aliphatic heterocycles. The molecule has 0 aliphatic carbocycles. The number of para-hydroxylation sites is 1. The van der Waals surface area contributed by atoms with E-state index >= 15 is 0 Å². The lowest BCUT2D eigenvalue weighted by Crippen LogP contribution is -2.46. The number of benzene rings is 2. The molecule has 2 atom stereocenters. The van der Waals surface area contributed by atoms with Crippen LogP contribution in [0.2, 0.25) is 5.02 Å². The van der Waals surface area contributed by atoms with Crippen molar-refractivity contribution < 1.29 is 14.3 Å². The number of fused-ring (bicyclic) bond motifs is 1. The van der Waals surface area contributed by atoms with Crippen molar-refractivity contribution in [2.75, 3.05) is 18.0 Å². The highest BCUT2D eigenvalue weighted by Gasteiger charge is 2.28. The molecule has 3 heterocycles. The van der Waals surface area contributed by atoms with Crippen molar-refractivity contribution in [1.29, 1.82) is 0 Å². The van der Waals surface area contributed by atoms with Gasteiger partial charge >= 0.3 is 0 Å². The van der Waals surface area contributed by atoms with Gasteiger partial charge in [0.1, 0.15) is 29.3 Å². The van der Waals surface area contributed by atoms with Crippen molar-refractivity contribution >= 4 is 34.2 Å². The minimum Gasteiger partial charge on any atom is -0.457 e. The molecule has 5 rings (SSSR count). The molecule has 168 valence electrons. The molecule has 33 heavy (non-hydrogen) atoms. The minimum absolute atomic E-state index is 0.0588. The zero-order valence-corrected chi connectivity index (χ0v) is 19.0. The van der Waals surface area contributed by atoms with Crippen molar-refractivity contribution in [3.8, 4) is 11.5 Å². The van der Waals surface area contributed by atoms with Gasteiger partial charge in [0.25, 0.3) is 0 Å². The number of morpholine rings is 1. The molecular formula is C25H23ClN4O3. The standard InChI is InChI=1S/C25H23ClN4O3/c1-15-12-30(13-16(2)32-15)25-22-20(11-27-24(22)28-14-29-25)23(31)19-9-8-18(10-21(19)26)33-17-6-4-3-5-7-17/h3-11,14-16H,12-13H2,1-2H3,(H,27,28,29). The first-order valence-electron chi connectivity index (χ1n) is 10.8. The van der Waals surface area contributed by atoms with Gasteiger partial charge in [0, 0.05) is 30.9 Å². The molecule has 1 fully saturated rings. The first-order valence-corrected chi connectivity index (χ1v) is 11.2. The number of anilines is 1. The van der Waals surface area contributed by atoms with Crippen LogP contribution in [0.5, 0.6) is 11.5 Å². The lowest BCUT2D eigenvalue weighted by Gasteiger charge is -2.36. The van der Waals surface area contributed by atoms with E-state index in [0.717, 1.165) is 0 Å². The van der Waals surface area contributed by atoms with E-state index in [-0.39, 0.29) is 18.0 Å². The van der Waals surface area contributed by atoms with Gasteiger partial charge in [-0.3, -0.25) is 4.79 Å². The number of H-pyrrole nitrogens is 1. The number of ether oxygens (including phenoxy) is 2. The summed E-state index contributed by atoms with van der Waals surface area (Å²) in [6.07, 6.45) is 3.30. The molecule has 0 saturated carbocycles. The molecule has 7 nitrogen and oxygen atoms in total. The molecule has 2 aromatic carbocycles. The van der Waals surface area contributed by atoms with E-state index in [4.69, 9.17) is 21.1 Å². The molecule has 2 aromatic heterocycles. The van der Waals surface area contributed by atoms with Gasteiger partial charge in [0.15, 0.2) is 5.78 Å². The van der Waals surface area contributed by atoms with E-state index in [9.17, 15) is 4.79 Å². The third-order valence-electron chi connectivity index (χ3n) is 5.58. The smallest absolute Gasteiger partial charge is 0.196 e. The Morgan fingerprint density at radius 3 is 2.55 bits per heavy atom. The number of carbonyl (C=O) groups is 1. The predicted molar refractivity (Wildman–Crippen MR) is 128 cm³/mol. The van der Waals surface area contributed by atoms with E-state index in [0.29, 0.717) is 57.6 Å². The summed E-state index contributed by atoms with van der Waals surface area (Å²) in [5.74, 6) is 1.76. The number of nitrogens with zero attached hydrogens (tertiary/aromatic N) is 3. The maximum Gasteiger partial charge on any atom is 0.196 e. The summed E-state index contributed by atoms with van der Waals surface area (Å²) in [4.78, 5) is 27.6. The normalized spacial score (nSPS) is 18.5. The number of hydrogen-bond donors (Lipinski definition) is 1. The fourth-order valence-corrected chi connectivity index (χ4v) is 4.49.